The summed E-state index contributed by atoms with van der Waals surface area (Å²) in [6.07, 6.45) is 1.53. The number of thioether (sulfide) groups is 1. The maximum atomic E-state index is 13.4. The summed E-state index contributed by atoms with van der Waals surface area (Å²) in [5.74, 6) is -1.19. The Morgan fingerprint density at radius 1 is 1.18 bits per heavy atom. The lowest BCUT2D eigenvalue weighted by molar-refractivity contribution is -0.151. The molecule has 3 heterocycles. The maximum Gasteiger partial charge on any atom is 0.338 e. The summed E-state index contributed by atoms with van der Waals surface area (Å²) in [6.45, 7) is 5.16. The number of rotatable bonds is 9. The molecule has 4 rings (SSSR count). The van der Waals surface area contributed by atoms with Gasteiger partial charge in [-0.1, -0.05) is 41.6 Å². The van der Waals surface area contributed by atoms with E-state index in [1.807, 2.05) is 28.5 Å². The number of ether oxygens (including phenoxy) is 3. The van der Waals surface area contributed by atoms with Crippen LogP contribution in [-0.4, -0.2) is 72.8 Å². The third kappa shape index (κ3) is 6.08. The molecule has 1 aromatic rings. The molecule has 11 heteroatoms. The van der Waals surface area contributed by atoms with Gasteiger partial charge in [-0.25, -0.2) is 9.79 Å². The van der Waals surface area contributed by atoms with E-state index in [0.29, 0.717) is 58.8 Å². The molecule has 1 saturated heterocycles. The smallest absolute Gasteiger partial charge is 0.338 e. The monoisotopic (exact) mass is 561 g/mol. The summed E-state index contributed by atoms with van der Waals surface area (Å²) in [4.78, 5) is 47.3. The van der Waals surface area contributed by atoms with Crippen molar-refractivity contribution in [3.8, 4) is 0 Å². The van der Waals surface area contributed by atoms with Crippen molar-refractivity contribution in [2.24, 2.45) is 10.9 Å². The first-order chi connectivity index (χ1) is 18.3. The van der Waals surface area contributed by atoms with Gasteiger partial charge in [-0.05, 0) is 43.7 Å². The molecule has 0 aromatic heterocycles. The fourth-order valence-corrected chi connectivity index (χ4v) is 6.04. The fraction of sp³-hybridized carbons (Fsp3) is 0.481. The number of allylic oxidation sites excluding steroid dienone is 1. The zero-order valence-electron chi connectivity index (χ0n) is 21.8. The summed E-state index contributed by atoms with van der Waals surface area (Å²) in [7, 11) is 1.54. The zero-order valence-corrected chi connectivity index (χ0v) is 23.3. The lowest BCUT2D eigenvalue weighted by Gasteiger charge is -2.37. The van der Waals surface area contributed by atoms with Gasteiger partial charge in [0.05, 0.1) is 42.9 Å². The summed E-state index contributed by atoms with van der Waals surface area (Å²) in [6, 6.07) is 6.70. The average Bonchev–Trinajstić information content (AvgIpc) is 3.30. The van der Waals surface area contributed by atoms with E-state index in [9.17, 15) is 14.4 Å². The Morgan fingerprint density at radius 2 is 1.97 bits per heavy atom. The molecule has 0 N–H and O–H groups in total. The third-order valence-corrected chi connectivity index (χ3v) is 7.90. The van der Waals surface area contributed by atoms with Crippen LogP contribution in [0.2, 0.25) is 5.02 Å². The summed E-state index contributed by atoms with van der Waals surface area (Å²) in [5.41, 5.74) is 2.31. The first kappa shape index (κ1) is 28.2. The van der Waals surface area contributed by atoms with E-state index < -0.39 is 12.0 Å². The molecule has 38 heavy (non-hydrogen) atoms. The lowest BCUT2D eigenvalue weighted by Crippen LogP contribution is -2.44. The van der Waals surface area contributed by atoms with Gasteiger partial charge >= 0.3 is 11.9 Å². The molecule has 0 radical (unpaired) electrons. The molecule has 1 fully saturated rings. The predicted molar refractivity (Wildman–Crippen MR) is 145 cm³/mol. The zero-order chi connectivity index (χ0) is 27.2. The molecule has 0 bridgehead atoms. The van der Waals surface area contributed by atoms with Gasteiger partial charge in [-0.3, -0.25) is 9.59 Å². The van der Waals surface area contributed by atoms with E-state index in [1.165, 1.54) is 18.9 Å². The summed E-state index contributed by atoms with van der Waals surface area (Å²) < 4.78 is 15.7. The van der Waals surface area contributed by atoms with Gasteiger partial charge in [0.1, 0.15) is 6.61 Å². The summed E-state index contributed by atoms with van der Waals surface area (Å²) in [5, 5.41) is 3.04. The van der Waals surface area contributed by atoms with E-state index in [1.54, 1.807) is 24.8 Å². The highest BCUT2D eigenvalue weighted by Crippen LogP contribution is 2.46. The average molecular weight is 562 g/mol. The van der Waals surface area contributed by atoms with Gasteiger partial charge in [0.15, 0.2) is 5.17 Å². The van der Waals surface area contributed by atoms with Crippen LogP contribution in [0, 0.1) is 5.92 Å². The number of carbonyl (C=O) groups excluding carboxylic acids is 3. The molecule has 0 aliphatic carbocycles. The van der Waals surface area contributed by atoms with E-state index in [-0.39, 0.29) is 37.4 Å². The number of esters is 2. The number of halogens is 1. The highest BCUT2D eigenvalue weighted by Gasteiger charge is 2.42. The number of nitrogens with zero attached hydrogens (tertiary/aromatic N) is 3. The SMILES string of the molecule is CCOC(=O)[C@H]1CCCN(C(=O)CC2=CSC3=NC(C)=C(C(=O)OCCOC)[C@@H](c4ccccc4Cl)N23)C1. The van der Waals surface area contributed by atoms with Gasteiger partial charge in [0.25, 0.3) is 0 Å². The quantitative estimate of drug-likeness (QED) is 0.325. The van der Waals surface area contributed by atoms with Gasteiger partial charge in [-0.2, -0.15) is 0 Å². The van der Waals surface area contributed by atoms with Gasteiger partial charge in [-0.15, -0.1) is 0 Å². The van der Waals surface area contributed by atoms with Crippen LogP contribution in [0.5, 0.6) is 0 Å². The van der Waals surface area contributed by atoms with Crippen molar-refractivity contribution in [1.82, 2.24) is 9.80 Å². The number of carbonyl (C=O) groups is 3. The van der Waals surface area contributed by atoms with Crippen molar-refractivity contribution in [1.29, 1.82) is 0 Å². The highest BCUT2D eigenvalue weighted by molar-refractivity contribution is 8.16. The minimum absolute atomic E-state index is 0.0908. The topological polar surface area (TPSA) is 97.7 Å². The number of hydrogen-bond acceptors (Lipinski definition) is 9. The van der Waals surface area contributed by atoms with Crippen molar-refractivity contribution in [2.45, 2.75) is 39.2 Å². The Bertz CT molecular complexity index is 1180. The minimum atomic E-state index is -0.617. The van der Waals surface area contributed by atoms with Crippen LogP contribution in [0.3, 0.4) is 0 Å². The molecule has 1 amide bonds. The van der Waals surface area contributed by atoms with Crippen LogP contribution in [0.15, 0.2) is 51.6 Å². The molecular weight excluding hydrogens is 530 g/mol. The van der Waals surface area contributed by atoms with Crippen molar-refractivity contribution >= 4 is 46.4 Å². The van der Waals surface area contributed by atoms with Crippen LogP contribution >= 0.6 is 23.4 Å². The minimum Gasteiger partial charge on any atom is -0.466 e. The Labute approximate surface area is 231 Å². The number of hydrogen-bond donors (Lipinski definition) is 0. The fourth-order valence-electron chi connectivity index (χ4n) is 4.84. The normalized spacial score (nSPS) is 21.1. The first-order valence-electron chi connectivity index (χ1n) is 12.6. The van der Waals surface area contributed by atoms with E-state index in [2.05, 4.69) is 4.99 Å². The van der Waals surface area contributed by atoms with Crippen LogP contribution in [0.25, 0.3) is 0 Å². The van der Waals surface area contributed by atoms with Crippen molar-refractivity contribution in [2.75, 3.05) is 40.0 Å². The maximum absolute atomic E-state index is 13.4. The first-order valence-corrected chi connectivity index (χ1v) is 13.9. The van der Waals surface area contributed by atoms with E-state index in [0.717, 1.165) is 6.42 Å². The molecule has 3 aliphatic rings. The molecule has 204 valence electrons. The number of likely N-dealkylation sites (tertiary alicyclic amines) is 1. The largest absolute Gasteiger partial charge is 0.466 e. The molecule has 3 aliphatic heterocycles. The van der Waals surface area contributed by atoms with Crippen molar-refractivity contribution in [3.05, 3.63) is 57.2 Å². The molecule has 0 saturated carbocycles. The lowest BCUT2D eigenvalue weighted by atomic mass is 9.93. The van der Waals surface area contributed by atoms with Gasteiger partial charge in [0.2, 0.25) is 5.91 Å². The molecule has 9 nitrogen and oxygen atoms in total. The number of aliphatic imine (C=N–C) groups is 1. The van der Waals surface area contributed by atoms with Crippen molar-refractivity contribution < 1.29 is 28.6 Å². The van der Waals surface area contributed by atoms with Crippen LogP contribution in [0.4, 0.5) is 0 Å². The van der Waals surface area contributed by atoms with Crippen LogP contribution in [-0.2, 0) is 28.6 Å². The second kappa shape index (κ2) is 12.8. The van der Waals surface area contributed by atoms with E-state index in [4.69, 9.17) is 25.8 Å². The Hall–Kier alpha value is -2.82. The molecule has 1 aromatic carbocycles. The second-order valence-electron chi connectivity index (χ2n) is 9.15. The number of fused-ring (bicyclic) bond motifs is 1. The Morgan fingerprint density at radius 3 is 2.71 bits per heavy atom. The standard InChI is InChI=1S/C27H32ClN3O6S/c1-4-36-25(33)18-8-7-11-30(15-18)22(32)14-19-16-38-27-29-17(2)23(26(34)37-13-12-35-3)24(31(19)27)20-9-5-6-10-21(20)28/h5-6,9-10,16,18,24H,4,7-8,11-15H2,1-3H3/t18-,24+/m0/s1. The van der Waals surface area contributed by atoms with E-state index >= 15 is 0 Å². The summed E-state index contributed by atoms with van der Waals surface area (Å²) >= 11 is 8.03. The Kier molecular flexibility index (Phi) is 9.51. The predicted octanol–water partition coefficient (Wildman–Crippen LogP) is 4.30. The molecule has 0 spiro atoms. The van der Waals surface area contributed by atoms with Gasteiger partial charge in [0, 0.05) is 30.9 Å². The molecule has 0 unspecified atom stereocenters. The molecular formula is C27H32ClN3O6S. The highest BCUT2D eigenvalue weighted by atomic mass is 35.5. The number of benzene rings is 1. The molecule has 2 atom stereocenters. The van der Waals surface area contributed by atoms with Crippen LogP contribution in [0.1, 0.15) is 44.7 Å². The number of amides is 1. The van der Waals surface area contributed by atoms with Crippen molar-refractivity contribution in [3.63, 3.8) is 0 Å². The van der Waals surface area contributed by atoms with Gasteiger partial charge < -0.3 is 24.0 Å². The third-order valence-electron chi connectivity index (χ3n) is 6.67. The number of methoxy groups -OCH3 is 1. The number of piperidine rings is 1. The Balaban J connectivity index is 1.60. The number of amidine groups is 1. The second-order valence-corrected chi connectivity index (χ2v) is 10.4. The van der Waals surface area contributed by atoms with Crippen LogP contribution < -0.4 is 0 Å².